The zero-order chi connectivity index (χ0) is 28.6. The lowest BCUT2D eigenvalue weighted by atomic mass is 9.79. The maximum Gasteiger partial charge on any atom is 0.303 e. The molecule has 0 saturated heterocycles. The average Bonchev–Trinajstić information content (AvgIpc) is 3.69. The number of aliphatic carboxylic acids is 1. The molecule has 210 valence electrons. The topological polar surface area (TPSA) is 46.5 Å². The van der Waals surface area contributed by atoms with Crippen LogP contribution in [0.15, 0.2) is 60.7 Å². The van der Waals surface area contributed by atoms with E-state index >= 15 is 4.39 Å². The largest absolute Gasteiger partial charge is 0.486 e. The van der Waals surface area contributed by atoms with E-state index in [4.69, 9.17) is 4.74 Å². The minimum absolute atomic E-state index is 0.0218. The lowest BCUT2D eigenvalue weighted by molar-refractivity contribution is -0.137. The molecule has 2 aliphatic rings. The first-order valence-electron chi connectivity index (χ1n) is 13.6. The quantitative estimate of drug-likeness (QED) is 0.255. The summed E-state index contributed by atoms with van der Waals surface area (Å²) in [6.45, 7) is 4.21. The van der Waals surface area contributed by atoms with E-state index in [0.717, 1.165) is 49.0 Å². The second kappa shape index (κ2) is 11.1. The molecule has 3 aromatic carbocycles. The molecule has 1 unspecified atom stereocenters. The van der Waals surface area contributed by atoms with Crippen molar-refractivity contribution in [3.05, 3.63) is 94.6 Å². The molecule has 3 aromatic rings. The molecule has 0 amide bonds. The molecule has 5 rings (SSSR count). The van der Waals surface area contributed by atoms with Gasteiger partial charge in [0, 0.05) is 17.0 Å². The Morgan fingerprint density at radius 1 is 1.02 bits per heavy atom. The lowest BCUT2D eigenvalue weighted by Crippen LogP contribution is -2.11. The SMILES string of the molecule is CC1(C)CCC=C1c1cc(COc2cccc(C(CC(=O)O)C3CC3)c2F)ccc1-c1cc(C(F)F)ccc1F. The van der Waals surface area contributed by atoms with Crippen LogP contribution in [0, 0.1) is 23.0 Å². The fraction of sp³-hybridized carbons (Fsp3) is 0.364. The Bertz CT molecular complexity index is 1460. The maximum atomic E-state index is 15.5. The molecule has 0 radical (unpaired) electrons. The molecule has 1 saturated carbocycles. The van der Waals surface area contributed by atoms with Gasteiger partial charge in [-0.1, -0.05) is 50.3 Å². The van der Waals surface area contributed by atoms with Gasteiger partial charge in [0.05, 0.1) is 6.42 Å². The van der Waals surface area contributed by atoms with Crippen LogP contribution in [0.25, 0.3) is 16.7 Å². The number of carbonyl (C=O) groups is 1. The van der Waals surface area contributed by atoms with Gasteiger partial charge in [-0.25, -0.2) is 17.6 Å². The Morgan fingerprint density at radius 3 is 2.45 bits per heavy atom. The number of carboxylic acids is 1. The number of halogens is 4. The second-order valence-electron chi connectivity index (χ2n) is 11.5. The number of hydrogen-bond acceptors (Lipinski definition) is 2. The highest BCUT2D eigenvalue weighted by atomic mass is 19.3. The molecule has 0 aromatic heterocycles. The number of benzene rings is 3. The van der Waals surface area contributed by atoms with Gasteiger partial charge in [-0.3, -0.25) is 4.79 Å². The molecule has 0 spiro atoms. The number of rotatable bonds is 10. The molecule has 40 heavy (non-hydrogen) atoms. The van der Waals surface area contributed by atoms with Crippen molar-refractivity contribution >= 4 is 11.5 Å². The molecule has 1 atom stereocenters. The monoisotopic (exact) mass is 552 g/mol. The Hall–Kier alpha value is -3.61. The third kappa shape index (κ3) is 5.79. The van der Waals surface area contributed by atoms with E-state index in [2.05, 4.69) is 19.9 Å². The number of carboxylic acid groups (broad SMARTS) is 1. The van der Waals surface area contributed by atoms with Crippen LogP contribution < -0.4 is 4.74 Å². The Kier molecular flexibility index (Phi) is 7.76. The molecular formula is C33H32F4O3. The van der Waals surface area contributed by atoms with Crippen LogP contribution in [0.4, 0.5) is 17.6 Å². The Balaban J connectivity index is 1.48. The standard InChI is InChI=1S/C33H32F4O3/c1-33(2)14-4-6-27(33)25-15-19(8-12-22(25)26-16-21(32(36)37)11-13-28(26)34)18-40-29-7-3-5-23(31(29)35)24(17-30(38)39)20-9-10-20/h3,5-8,11-13,15-16,20,24,32H,4,9-10,14,17-18H2,1-2H3,(H,38,39). The zero-order valence-corrected chi connectivity index (χ0v) is 22.5. The van der Waals surface area contributed by atoms with Gasteiger partial charge >= 0.3 is 5.97 Å². The van der Waals surface area contributed by atoms with Gasteiger partial charge in [0.25, 0.3) is 6.43 Å². The van der Waals surface area contributed by atoms with Crippen molar-refractivity contribution in [1.29, 1.82) is 0 Å². The molecule has 0 bridgehead atoms. The van der Waals surface area contributed by atoms with Gasteiger partial charge in [0.2, 0.25) is 0 Å². The summed E-state index contributed by atoms with van der Waals surface area (Å²) < 4.78 is 63.3. The summed E-state index contributed by atoms with van der Waals surface area (Å²) in [6, 6.07) is 13.5. The smallest absolute Gasteiger partial charge is 0.303 e. The van der Waals surface area contributed by atoms with Crippen molar-refractivity contribution in [3.63, 3.8) is 0 Å². The van der Waals surface area contributed by atoms with E-state index in [1.807, 2.05) is 6.07 Å². The third-order valence-corrected chi connectivity index (χ3v) is 8.13. The van der Waals surface area contributed by atoms with Crippen LogP contribution in [0.3, 0.4) is 0 Å². The molecule has 1 N–H and O–H groups in total. The predicted octanol–water partition coefficient (Wildman–Crippen LogP) is 9.32. The van der Waals surface area contributed by atoms with E-state index in [9.17, 15) is 23.1 Å². The molecule has 1 fully saturated rings. The zero-order valence-electron chi connectivity index (χ0n) is 22.5. The summed E-state index contributed by atoms with van der Waals surface area (Å²) in [6.07, 6.45) is 2.75. The summed E-state index contributed by atoms with van der Waals surface area (Å²) >= 11 is 0. The Morgan fingerprint density at radius 2 is 1.80 bits per heavy atom. The van der Waals surface area contributed by atoms with Crippen LogP contribution in [0.1, 0.15) is 80.5 Å². The maximum absolute atomic E-state index is 15.5. The van der Waals surface area contributed by atoms with E-state index in [0.29, 0.717) is 16.7 Å². The number of allylic oxidation sites excluding steroid dienone is 2. The van der Waals surface area contributed by atoms with Crippen molar-refractivity contribution in [2.75, 3.05) is 0 Å². The van der Waals surface area contributed by atoms with Crippen LogP contribution >= 0.6 is 0 Å². The van der Waals surface area contributed by atoms with Crippen LogP contribution in [-0.4, -0.2) is 11.1 Å². The van der Waals surface area contributed by atoms with Crippen molar-refractivity contribution < 1.29 is 32.2 Å². The van der Waals surface area contributed by atoms with Gasteiger partial charge in [-0.2, -0.15) is 0 Å². The highest BCUT2D eigenvalue weighted by Gasteiger charge is 2.36. The summed E-state index contributed by atoms with van der Waals surface area (Å²) in [5.41, 5.74) is 2.96. The van der Waals surface area contributed by atoms with E-state index in [1.54, 1.807) is 24.3 Å². The van der Waals surface area contributed by atoms with E-state index in [1.165, 1.54) is 12.1 Å². The van der Waals surface area contributed by atoms with Crippen molar-refractivity contribution in [1.82, 2.24) is 0 Å². The van der Waals surface area contributed by atoms with Crippen molar-refractivity contribution in [2.45, 2.75) is 64.9 Å². The lowest BCUT2D eigenvalue weighted by Gasteiger charge is -2.26. The summed E-state index contributed by atoms with van der Waals surface area (Å²) in [4.78, 5) is 11.4. The van der Waals surface area contributed by atoms with Gasteiger partial charge in [0.15, 0.2) is 11.6 Å². The van der Waals surface area contributed by atoms with Gasteiger partial charge in [-0.05, 0) is 89.1 Å². The minimum atomic E-state index is -2.72. The summed E-state index contributed by atoms with van der Waals surface area (Å²) in [5.74, 6) is -2.31. The Labute approximate surface area is 231 Å². The average molecular weight is 553 g/mol. The summed E-state index contributed by atoms with van der Waals surface area (Å²) in [5, 5.41) is 9.33. The molecule has 7 heteroatoms. The minimum Gasteiger partial charge on any atom is -0.486 e. The van der Waals surface area contributed by atoms with Crippen LogP contribution in [0.5, 0.6) is 5.75 Å². The van der Waals surface area contributed by atoms with Crippen molar-refractivity contribution in [2.24, 2.45) is 11.3 Å². The number of ether oxygens (including phenoxy) is 1. The fourth-order valence-corrected chi connectivity index (χ4v) is 5.79. The van der Waals surface area contributed by atoms with Crippen LogP contribution in [0.2, 0.25) is 0 Å². The fourth-order valence-electron chi connectivity index (χ4n) is 5.79. The molecule has 0 heterocycles. The highest BCUT2D eigenvalue weighted by molar-refractivity contribution is 5.85. The first-order valence-corrected chi connectivity index (χ1v) is 13.6. The van der Waals surface area contributed by atoms with Crippen molar-refractivity contribution in [3.8, 4) is 16.9 Å². The first-order chi connectivity index (χ1) is 19.0. The number of alkyl halides is 2. The second-order valence-corrected chi connectivity index (χ2v) is 11.5. The van der Waals surface area contributed by atoms with Crippen LogP contribution in [-0.2, 0) is 11.4 Å². The molecule has 2 aliphatic carbocycles. The molecule has 0 aliphatic heterocycles. The van der Waals surface area contributed by atoms with Gasteiger partial charge in [-0.15, -0.1) is 0 Å². The molecular weight excluding hydrogens is 520 g/mol. The first kappa shape index (κ1) is 27.9. The van der Waals surface area contributed by atoms with Gasteiger partial charge in [0.1, 0.15) is 12.4 Å². The van der Waals surface area contributed by atoms with E-state index in [-0.39, 0.29) is 41.2 Å². The third-order valence-electron chi connectivity index (χ3n) is 8.13. The number of hydrogen-bond donors (Lipinski definition) is 1. The highest BCUT2D eigenvalue weighted by Crippen LogP contribution is 2.48. The molecule has 3 nitrogen and oxygen atoms in total. The normalized spacial score (nSPS) is 17.1. The predicted molar refractivity (Wildman–Crippen MR) is 146 cm³/mol. The summed E-state index contributed by atoms with van der Waals surface area (Å²) in [7, 11) is 0. The van der Waals surface area contributed by atoms with Gasteiger partial charge < -0.3 is 9.84 Å². The van der Waals surface area contributed by atoms with E-state index < -0.39 is 29.9 Å².